The minimum absolute atomic E-state index is 0.405. The molecule has 0 aliphatic carbocycles. The predicted molar refractivity (Wildman–Crippen MR) is 202 cm³/mol. The summed E-state index contributed by atoms with van der Waals surface area (Å²) in [5.74, 6) is 1.15. The van der Waals surface area contributed by atoms with Gasteiger partial charge in [0.25, 0.3) is 0 Å². The van der Waals surface area contributed by atoms with Gasteiger partial charge < -0.3 is 4.57 Å². The van der Waals surface area contributed by atoms with Crippen LogP contribution in [-0.2, 0) is 6.67 Å². The highest BCUT2D eigenvalue weighted by atomic mass is 32.3. The molecule has 0 spiro atoms. The van der Waals surface area contributed by atoms with E-state index in [-0.39, 0.29) is 0 Å². The molecule has 5 heteroatoms. The van der Waals surface area contributed by atoms with E-state index >= 15 is 0 Å². The Kier molecular flexibility index (Phi) is 9.56. The first-order valence-corrected chi connectivity index (χ1v) is 17.3. The molecule has 1 heterocycles. The van der Waals surface area contributed by atoms with Gasteiger partial charge in [-0.15, -0.1) is 10.0 Å². The Balaban J connectivity index is 1.46. The normalized spacial score (nSPS) is 13.4. The minimum atomic E-state index is -1.85. The first-order chi connectivity index (χ1) is 23.1. The monoisotopic (exact) mass is 630 g/mol. The van der Waals surface area contributed by atoms with Crippen LogP contribution >= 0.6 is 10.0 Å². The van der Waals surface area contributed by atoms with E-state index in [1.807, 2.05) is 44.2 Å². The molecule has 232 valence electrons. The molecule has 47 heavy (non-hydrogen) atoms. The summed E-state index contributed by atoms with van der Waals surface area (Å²) < 4.78 is 2.18. The lowest BCUT2D eigenvalue weighted by Crippen LogP contribution is -2.27. The molecule has 0 fully saturated rings. The van der Waals surface area contributed by atoms with Gasteiger partial charge in [0.05, 0.1) is 10.9 Å². The average molecular weight is 631 g/mol. The van der Waals surface area contributed by atoms with E-state index in [1.54, 1.807) is 0 Å². The highest BCUT2D eigenvalue weighted by Crippen LogP contribution is 2.73. The summed E-state index contributed by atoms with van der Waals surface area (Å²) in [5, 5.41) is 3.13. The highest BCUT2D eigenvalue weighted by molar-refractivity contribution is 8.34. The van der Waals surface area contributed by atoms with E-state index < -0.39 is 10.0 Å². The molecule has 0 saturated carbocycles. The van der Waals surface area contributed by atoms with Crippen LogP contribution in [0.25, 0.3) is 23.6 Å². The number of benzene rings is 5. The van der Waals surface area contributed by atoms with E-state index in [9.17, 15) is 0 Å². The maximum atomic E-state index is 4.89. The quantitative estimate of drug-likeness (QED) is 0.119. The topological polar surface area (TPSA) is 42.0 Å². The maximum Gasteiger partial charge on any atom is 0.160 e. The number of aliphatic imine (C=N–C) groups is 3. The zero-order chi connectivity index (χ0) is 32.6. The largest absolute Gasteiger partial charge is 0.320 e. The lowest BCUT2D eigenvalue weighted by Gasteiger charge is -2.42. The van der Waals surface area contributed by atoms with Crippen molar-refractivity contribution >= 4 is 52.0 Å². The minimum Gasteiger partial charge on any atom is -0.320 e. The second kappa shape index (κ2) is 14.3. The molecule has 0 atom stereocenters. The van der Waals surface area contributed by atoms with Gasteiger partial charge in [0.15, 0.2) is 5.84 Å². The number of amidine groups is 2. The summed E-state index contributed by atoms with van der Waals surface area (Å²) in [6, 6.07) is 49.3. The molecular formula is C42H38N4S. The molecule has 6 rings (SSSR count). The Morgan fingerprint density at radius 2 is 1.28 bits per heavy atom. The molecule has 4 nitrogen and oxygen atoms in total. The Hall–Kier alpha value is -5.52. The Labute approximate surface area is 278 Å². The fourth-order valence-corrected chi connectivity index (χ4v) is 9.91. The summed E-state index contributed by atoms with van der Waals surface area (Å²) in [5.41, 5.74) is 1.98. The van der Waals surface area contributed by atoms with Crippen molar-refractivity contribution in [3.05, 3.63) is 168 Å². The molecule has 0 saturated heterocycles. The fraction of sp³-hybridized carbons (Fsp3) is 0.0714. The number of hydrogen-bond acceptors (Lipinski definition) is 1. The van der Waals surface area contributed by atoms with Crippen molar-refractivity contribution in [1.29, 1.82) is 0 Å². The molecule has 5 aromatic carbocycles. The van der Waals surface area contributed by atoms with Crippen molar-refractivity contribution < 1.29 is 0 Å². The van der Waals surface area contributed by atoms with Gasteiger partial charge in [0, 0.05) is 35.8 Å². The molecule has 0 aliphatic heterocycles. The third-order valence-electron chi connectivity index (χ3n) is 8.16. The summed E-state index contributed by atoms with van der Waals surface area (Å²) in [6.45, 7) is 12.6. The van der Waals surface area contributed by atoms with Gasteiger partial charge in [-0.3, -0.25) is 0 Å². The van der Waals surface area contributed by atoms with Crippen LogP contribution in [0, 0.1) is 0 Å². The SMILES string of the molecule is C=NC(=N/C(C)=N\Cn1/c(=C/C=C\C)c(=C)c2ccccc21)c1cccc(S(c2ccccc2)(c2ccccc2)c2ccccc2)c1. The number of rotatable bonds is 8. The average Bonchev–Trinajstić information content (AvgIpc) is 3.40. The zero-order valence-electron chi connectivity index (χ0n) is 26.8. The van der Waals surface area contributed by atoms with Crippen molar-refractivity contribution in [1.82, 2.24) is 4.57 Å². The summed E-state index contributed by atoms with van der Waals surface area (Å²) >= 11 is 0. The van der Waals surface area contributed by atoms with Crippen LogP contribution < -0.4 is 10.6 Å². The number of fused-ring (bicyclic) bond motifs is 1. The number of allylic oxidation sites excluding steroid dienone is 2. The van der Waals surface area contributed by atoms with Crippen LogP contribution in [0.15, 0.2) is 186 Å². The lowest BCUT2D eigenvalue weighted by molar-refractivity contribution is 0.741. The van der Waals surface area contributed by atoms with E-state index in [0.29, 0.717) is 18.3 Å². The van der Waals surface area contributed by atoms with Crippen LogP contribution in [0.3, 0.4) is 0 Å². The number of para-hydroxylation sites is 1. The van der Waals surface area contributed by atoms with E-state index in [0.717, 1.165) is 27.0 Å². The summed E-state index contributed by atoms with van der Waals surface area (Å²) in [7, 11) is -1.85. The van der Waals surface area contributed by atoms with Crippen LogP contribution in [-0.4, -0.2) is 23.0 Å². The van der Waals surface area contributed by atoms with E-state index in [4.69, 9.17) is 9.98 Å². The van der Waals surface area contributed by atoms with Gasteiger partial charge in [0.1, 0.15) is 12.5 Å². The summed E-state index contributed by atoms with van der Waals surface area (Å²) in [4.78, 5) is 19.1. The molecule has 0 bridgehead atoms. The third-order valence-corrected chi connectivity index (χ3v) is 12.1. The van der Waals surface area contributed by atoms with Gasteiger partial charge in [0.2, 0.25) is 0 Å². The van der Waals surface area contributed by atoms with Gasteiger partial charge in [-0.1, -0.05) is 104 Å². The molecule has 0 radical (unpaired) electrons. The smallest absolute Gasteiger partial charge is 0.160 e. The Morgan fingerprint density at radius 3 is 1.85 bits per heavy atom. The predicted octanol–water partition coefficient (Wildman–Crippen LogP) is 9.27. The number of nitrogens with zero attached hydrogens (tertiary/aromatic N) is 4. The van der Waals surface area contributed by atoms with Crippen LogP contribution in [0.2, 0.25) is 0 Å². The number of hydrogen-bond donors (Lipinski definition) is 0. The third kappa shape index (κ3) is 6.18. The number of aromatic nitrogens is 1. The first kappa shape index (κ1) is 31.5. The van der Waals surface area contributed by atoms with Crippen molar-refractivity contribution in [2.45, 2.75) is 40.1 Å². The summed E-state index contributed by atoms with van der Waals surface area (Å²) in [6.07, 6.45) is 6.13. The van der Waals surface area contributed by atoms with Gasteiger partial charge in [-0.05, 0) is 81.2 Å². The second-order valence-electron chi connectivity index (χ2n) is 11.0. The van der Waals surface area contributed by atoms with Crippen molar-refractivity contribution in [3.63, 3.8) is 0 Å². The van der Waals surface area contributed by atoms with Crippen molar-refractivity contribution in [3.8, 4) is 0 Å². The fourth-order valence-electron chi connectivity index (χ4n) is 5.99. The van der Waals surface area contributed by atoms with Gasteiger partial charge in [-0.25, -0.2) is 15.0 Å². The zero-order valence-corrected chi connectivity index (χ0v) is 27.6. The van der Waals surface area contributed by atoms with Gasteiger partial charge >= 0.3 is 0 Å². The molecule has 0 aliphatic rings. The molecular weight excluding hydrogens is 593 g/mol. The molecule has 1 aromatic heterocycles. The van der Waals surface area contributed by atoms with Crippen LogP contribution in [0.1, 0.15) is 19.4 Å². The van der Waals surface area contributed by atoms with E-state index in [1.165, 1.54) is 19.6 Å². The van der Waals surface area contributed by atoms with Crippen LogP contribution in [0.5, 0.6) is 0 Å². The lowest BCUT2D eigenvalue weighted by atomic mass is 10.2. The molecule has 6 aromatic rings. The Morgan fingerprint density at radius 1 is 0.723 bits per heavy atom. The highest BCUT2D eigenvalue weighted by Gasteiger charge is 2.33. The second-order valence-corrected chi connectivity index (χ2v) is 14.1. The Bertz CT molecular complexity index is 2120. The van der Waals surface area contributed by atoms with Gasteiger partial charge in [-0.2, -0.15) is 0 Å². The van der Waals surface area contributed by atoms with Crippen molar-refractivity contribution in [2.24, 2.45) is 15.0 Å². The van der Waals surface area contributed by atoms with Crippen LogP contribution in [0.4, 0.5) is 0 Å². The first-order valence-electron chi connectivity index (χ1n) is 15.6. The molecule has 0 N–H and O–H groups in total. The standard InChI is InChI=1S/C42H38N4S/c1-5-6-28-40-32(2)39-27-16-17-29-41(39)46(40)31-44-33(3)45-42(43-4)34-19-18-26-38(30-34)47(35-20-10-7-11-21-35,36-22-12-8-13-23-36)37-24-14-9-15-25-37/h5-30H,2,4,31H2,1,3H3/b6-5-,40-28+,44-33-,45-42?. The molecule has 0 amide bonds. The van der Waals surface area contributed by atoms with Crippen molar-refractivity contribution in [2.75, 3.05) is 0 Å². The maximum absolute atomic E-state index is 4.89. The molecule has 0 unspecified atom stereocenters. The van der Waals surface area contributed by atoms with E-state index in [2.05, 4.69) is 150 Å².